The molecule has 166 valence electrons. The number of carbonyl (C=O) groups excluding carboxylic acids is 1. The summed E-state index contributed by atoms with van der Waals surface area (Å²) in [5, 5.41) is 12.5. The van der Waals surface area contributed by atoms with E-state index < -0.39 is 36.8 Å². The minimum absolute atomic E-state index is 0.168. The molecule has 2 aliphatic rings. The van der Waals surface area contributed by atoms with E-state index >= 15 is 0 Å². The maximum Gasteiger partial charge on any atom is 0.314 e. The minimum Gasteiger partial charge on any atom is -0.420 e. The largest absolute Gasteiger partial charge is 0.420 e. The zero-order chi connectivity index (χ0) is 23.2. The molecule has 0 radical (unpaired) electrons. The van der Waals surface area contributed by atoms with E-state index in [0.717, 1.165) is 16.8 Å². The molecule has 4 heterocycles. The smallest absolute Gasteiger partial charge is 0.314 e. The van der Waals surface area contributed by atoms with Crippen LogP contribution in [0.1, 0.15) is 30.9 Å². The fourth-order valence-corrected chi connectivity index (χ4v) is 7.01. The average molecular weight is 457 g/mol. The summed E-state index contributed by atoms with van der Waals surface area (Å²) in [6.07, 6.45) is -0.0251. The third-order valence-electron chi connectivity index (χ3n) is 6.43. The Balaban J connectivity index is 1.88. The Morgan fingerprint density at radius 3 is 2.53 bits per heavy atom. The molecule has 0 spiro atoms. The van der Waals surface area contributed by atoms with Crippen LogP contribution in [0.3, 0.4) is 0 Å². The van der Waals surface area contributed by atoms with Gasteiger partial charge in [0.25, 0.3) is 5.56 Å². The first-order valence-electron chi connectivity index (χ1n) is 10.5. The first-order valence-corrected chi connectivity index (χ1v) is 14.0. The number of benzene rings is 1. The fraction of sp³-hybridized carbons (Fsp3) is 0.348. The van der Waals surface area contributed by atoms with E-state index in [2.05, 4.69) is 24.6 Å². The molecule has 32 heavy (non-hydrogen) atoms. The highest BCUT2D eigenvalue weighted by atomic mass is 28.3. The predicted octanol–water partition coefficient (Wildman–Crippen LogP) is 3.16. The Hall–Kier alpha value is -2.91. The molecule has 3 aromatic rings. The van der Waals surface area contributed by atoms with Gasteiger partial charge in [-0.05, 0) is 29.3 Å². The summed E-state index contributed by atoms with van der Waals surface area (Å²) >= 11 is 0. The van der Waals surface area contributed by atoms with Gasteiger partial charge in [-0.2, -0.15) is 0 Å². The summed E-state index contributed by atoms with van der Waals surface area (Å²) in [7, 11) is -2.11. The Bertz CT molecular complexity index is 1410. The quantitative estimate of drug-likeness (QED) is 0.370. The summed E-state index contributed by atoms with van der Waals surface area (Å²) in [4.78, 5) is 30.0. The number of carbonyl (C=O) groups is 1. The molecule has 1 atom stereocenters. The third-order valence-corrected chi connectivity index (χ3v) is 8.50. The zero-order valence-electron chi connectivity index (χ0n) is 18.2. The number of aliphatic hydroxyl groups is 1. The molecule has 5 rings (SSSR count). The molecule has 0 bridgehead atoms. The lowest BCUT2D eigenvalue weighted by Gasteiger charge is -2.32. The van der Waals surface area contributed by atoms with Crippen molar-refractivity contribution in [3.05, 3.63) is 51.3 Å². The molecule has 9 heteroatoms. The lowest BCUT2D eigenvalue weighted by molar-refractivity contribution is -0.143. The van der Waals surface area contributed by atoms with Crippen LogP contribution in [0.2, 0.25) is 19.6 Å². The number of halogens is 2. The number of ether oxygens (including phenoxy) is 1. The number of rotatable bonds is 2. The second-order valence-electron chi connectivity index (χ2n) is 9.55. The van der Waals surface area contributed by atoms with E-state index in [9.17, 15) is 23.5 Å². The molecule has 0 aliphatic carbocycles. The van der Waals surface area contributed by atoms with Crippen molar-refractivity contribution in [1.29, 1.82) is 0 Å². The van der Waals surface area contributed by atoms with E-state index in [4.69, 9.17) is 4.74 Å². The van der Waals surface area contributed by atoms with E-state index in [1.165, 1.54) is 10.6 Å². The van der Waals surface area contributed by atoms with Crippen molar-refractivity contribution < 1.29 is 23.4 Å². The molecule has 0 saturated carbocycles. The van der Waals surface area contributed by atoms with E-state index in [1.54, 1.807) is 13.0 Å². The average Bonchev–Trinajstić information content (AvgIpc) is 3.05. The fourth-order valence-electron chi connectivity index (χ4n) is 4.90. The van der Waals surface area contributed by atoms with Gasteiger partial charge in [-0.1, -0.05) is 26.6 Å². The van der Waals surface area contributed by atoms with Gasteiger partial charge in [0.05, 0.1) is 37.9 Å². The molecule has 0 saturated heterocycles. The van der Waals surface area contributed by atoms with Crippen LogP contribution in [-0.4, -0.2) is 28.7 Å². The highest BCUT2D eigenvalue weighted by molar-refractivity contribution is 6.90. The van der Waals surface area contributed by atoms with Gasteiger partial charge in [-0.25, -0.2) is 13.8 Å². The van der Waals surface area contributed by atoms with Crippen molar-refractivity contribution in [2.75, 3.05) is 0 Å². The van der Waals surface area contributed by atoms with Crippen LogP contribution >= 0.6 is 0 Å². The van der Waals surface area contributed by atoms with Gasteiger partial charge in [0.1, 0.15) is 5.60 Å². The first-order chi connectivity index (χ1) is 14.9. The molecule has 6 nitrogen and oxygen atoms in total. The second kappa shape index (κ2) is 6.55. The monoisotopic (exact) mass is 456 g/mol. The summed E-state index contributed by atoms with van der Waals surface area (Å²) in [5.41, 5.74) is 0.291. The topological polar surface area (TPSA) is 81.4 Å². The van der Waals surface area contributed by atoms with Crippen molar-refractivity contribution in [3.63, 3.8) is 0 Å². The first kappa shape index (κ1) is 21.0. The Morgan fingerprint density at radius 2 is 1.88 bits per heavy atom. The third kappa shape index (κ3) is 2.80. The van der Waals surface area contributed by atoms with E-state index in [-0.39, 0.29) is 30.7 Å². The van der Waals surface area contributed by atoms with E-state index in [1.807, 2.05) is 0 Å². The summed E-state index contributed by atoms with van der Waals surface area (Å²) in [6.45, 7) is 8.20. The molecule has 1 N–H and O–H groups in total. The number of fused-ring (bicyclic) bond motifs is 5. The van der Waals surface area contributed by atoms with E-state index in [0.29, 0.717) is 22.3 Å². The second-order valence-corrected chi connectivity index (χ2v) is 14.5. The number of hydrogen-bond acceptors (Lipinski definition) is 5. The van der Waals surface area contributed by atoms with Crippen LogP contribution in [-0.2, 0) is 16.9 Å². The zero-order valence-corrected chi connectivity index (χ0v) is 19.2. The standard InChI is InChI=1S/C23H22F2N2O4Si/c1-5-23(30)9-18(28)31-20-13(23)7-17-19-12(10-27(17)22(20)29)21(32(2,3)4)11-6-14(24)15(25)8-16(11)26-19/h6-8,30H,5,9-10H2,1-4H3/t23-/m1/s1. The maximum absolute atomic E-state index is 14.1. The van der Waals surface area contributed by atoms with Gasteiger partial charge in [0.15, 0.2) is 11.6 Å². The number of esters is 1. The van der Waals surface area contributed by atoms with Crippen LogP contribution in [0.5, 0.6) is 5.75 Å². The molecule has 2 aliphatic heterocycles. The lowest BCUT2D eigenvalue weighted by atomic mass is 9.85. The Labute approximate surface area is 183 Å². The van der Waals surface area contributed by atoms with Crippen LogP contribution < -0.4 is 15.5 Å². The van der Waals surface area contributed by atoms with Crippen LogP contribution in [0.15, 0.2) is 23.0 Å². The summed E-state index contributed by atoms with van der Waals surface area (Å²) < 4.78 is 34.9. The molecule has 0 unspecified atom stereocenters. The minimum atomic E-state index is -2.11. The molecular weight excluding hydrogens is 434 g/mol. The Kier molecular flexibility index (Phi) is 4.29. The Morgan fingerprint density at radius 1 is 1.19 bits per heavy atom. The van der Waals surface area contributed by atoms with Crippen LogP contribution in [0, 0.1) is 11.6 Å². The van der Waals surface area contributed by atoms with Gasteiger partial charge in [-0.15, -0.1) is 0 Å². The number of nitrogens with zero attached hydrogens (tertiary/aromatic N) is 2. The predicted molar refractivity (Wildman–Crippen MR) is 118 cm³/mol. The molecule has 0 fully saturated rings. The number of pyridine rings is 2. The maximum atomic E-state index is 14.1. The van der Waals surface area contributed by atoms with Crippen molar-refractivity contribution in [2.45, 2.75) is 51.6 Å². The van der Waals surface area contributed by atoms with Crippen molar-refractivity contribution in [1.82, 2.24) is 9.55 Å². The number of aromatic nitrogens is 2. The molecule has 1 aromatic carbocycles. The summed E-state index contributed by atoms with van der Waals surface area (Å²) in [5.74, 6) is -2.76. The molecule has 0 amide bonds. The van der Waals surface area contributed by atoms with Crippen molar-refractivity contribution >= 4 is 30.1 Å². The highest BCUT2D eigenvalue weighted by Crippen LogP contribution is 2.42. The van der Waals surface area contributed by atoms with Gasteiger partial charge in [0.2, 0.25) is 5.75 Å². The van der Waals surface area contributed by atoms with Crippen LogP contribution in [0.4, 0.5) is 8.78 Å². The molecule has 2 aromatic heterocycles. The van der Waals surface area contributed by atoms with Gasteiger partial charge >= 0.3 is 5.97 Å². The lowest BCUT2D eigenvalue weighted by Crippen LogP contribution is -2.41. The van der Waals surface area contributed by atoms with Gasteiger partial charge in [-0.3, -0.25) is 14.2 Å². The van der Waals surface area contributed by atoms with Gasteiger partial charge in [0, 0.05) is 17.0 Å². The van der Waals surface area contributed by atoms with Crippen molar-refractivity contribution in [2.24, 2.45) is 0 Å². The van der Waals surface area contributed by atoms with Gasteiger partial charge < -0.3 is 9.84 Å². The SMILES string of the molecule is CC[C@@]1(O)CC(=O)Oc2c1cc1n(c2=O)Cc2c-1nc1cc(F)c(F)cc1c2[Si](C)(C)C. The highest BCUT2D eigenvalue weighted by Gasteiger charge is 2.43. The van der Waals surface area contributed by atoms with Crippen molar-refractivity contribution in [3.8, 4) is 17.1 Å². The summed E-state index contributed by atoms with van der Waals surface area (Å²) in [6, 6.07) is 3.91. The normalized spacial score (nSPS) is 19.5. The molecular formula is C23H22F2N2O4Si. The number of hydrogen-bond donors (Lipinski definition) is 1. The van der Waals surface area contributed by atoms with Crippen LogP contribution in [0.25, 0.3) is 22.3 Å².